The summed E-state index contributed by atoms with van der Waals surface area (Å²) in [6.07, 6.45) is 0.703. The first-order valence-corrected chi connectivity index (χ1v) is 6.54. The minimum Gasteiger partial charge on any atom is -0.284 e. The number of halogens is 2. The summed E-state index contributed by atoms with van der Waals surface area (Å²) in [6, 6.07) is 0. The van der Waals surface area contributed by atoms with E-state index in [0.717, 1.165) is 4.47 Å². The quantitative estimate of drug-likeness (QED) is 0.740. The standard InChI is InChI=1S/C8H13F2NO3S/c9-8(10)3-2-7(8)6-15(12,13)11-4-1-5-14-11/h7H,1-6H2. The number of alkyl halides is 2. The van der Waals surface area contributed by atoms with Crippen molar-refractivity contribution in [2.24, 2.45) is 5.92 Å². The number of sulfonamides is 1. The van der Waals surface area contributed by atoms with Crippen LogP contribution in [0.15, 0.2) is 0 Å². The fourth-order valence-corrected chi connectivity index (χ4v) is 3.48. The monoisotopic (exact) mass is 241 g/mol. The summed E-state index contributed by atoms with van der Waals surface area (Å²) in [4.78, 5) is 4.86. The van der Waals surface area contributed by atoms with Gasteiger partial charge < -0.3 is 0 Å². The molecule has 1 heterocycles. The molecular weight excluding hydrogens is 228 g/mol. The zero-order valence-electron chi connectivity index (χ0n) is 8.16. The fourth-order valence-electron chi connectivity index (χ4n) is 1.75. The van der Waals surface area contributed by atoms with Gasteiger partial charge in [0.2, 0.25) is 10.0 Å². The van der Waals surface area contributed by atoms with Gasteiger partial charge in [0, 0.05) is 18.9 Å². The second-order valence-electron chi connectivity index (χ2n) is 3.99. The van der Waals surface area contributed by atoms with E-state index in [4.69, 9.17) is 4.84 Å². The average Bonchev–Trinajstić information content (AvgIpc) is 2.66. The van der Waals surface area contributed by atoms with Crippen LogP contribution in [0.5, 0.6) is 0 Å². The normalized spacial score (nSPS) is 31.5. The molecule has 0 spiro atoms. The van der Waals surface area contributed by atoms with Gasteiger partial charge in [-0.15, -0.1) is 0 Å². The molecule has 88 valence electrons. The van der Waals surface area contributed by atoms with Gasteiger partial charge in [-0.25, -0.2) is 17.2 Å². The van der Waals surface area contributed by atoms with Crippen molar-refractivity contribution in [2.75, 3.05) is 18.9 Å². The van der Waals surface area contributed by atoms with Crippen LogP contribution >= 0.6 is 0 Å². The van der Waals surface area contributed by atoms with Gasteiger partial charge in [0.05, 0.1) is 12.4 Å². The molecule has 1 unspecified atom stereocenters. The van der Waals surface area contributed by atoms with Gasteiger partial charge in [-0.2, -0.15) is 0 Å². The van der Waals surface area contributed by atoms with Crippen molar-refractivity contribution in [1.29, 1.82) is 0 Å². The summed E-state index contributed by atoms with van der Waals surface area (Å²) in [5.74, 6) is -4.35. The molecule has 1 aliphatic heterocycles. The third-order valence-corrected chi connectivity index (χ3v) is 4.60. The van der Waals surface area contributed by atoms with E-state index >= 15 is 0 Å². The predicted octanol–water partition coefficient (Wildman–Crippen LogP) is 0.999. The summed E-state index contributed by atoms with van der Waals surface area (Å²) >= 11 is 0. The van der Waals surface area contributed by atoms with Gasteiger partial charge in [0.25, 0.3) is 5.92 Å². The maximum atomic E-state index is 12.9. The van der Waals surface area contributed by atoms with Crippen LogP contribution in [0.4, 0.5) is 8.78 Å². The SMILES string of the molecule is O=S(=O)(CC1CCC1(F)F)N1CCCO1. The van der Waals surface area contributed by atoms with Gasteiger partial charge in [-0.05, 0) is 12.8 Å². The Balaban J connectivity index is 1.98. The Morgan fingerprint density at radius 1 is 1.47 bits per heavy atom. The van der Waals surface area contributed by atoms with E-state index in [1.807, 2.05) is 0 Å². The smallest absolute Gasteiger partial charge is 0.251 e. The number of rotatable bonds is 3. The summed E-state index contributed by atoms with van der Waals surface area (Å²) in [7, 11) is -3.66. The van der Waals surface area contributed by atoms with E-state index in [1.54, 1.807) is 0 Å². The third kappa shape index (κ3) is 2.14. The van der Waals surface area contributed by atoms with Gasteiger partial charge in [0.15, 0.2) is 0 Å². The summed E-state index contributed by atoms with van der Waals surface area (Å²) in [5.41, 5.74) is 0. The molecule has 1 saturated carbocycles. The zero-order valence-corrected chi connectivity index (χ0v) is 8.97. The molecule has 0 aromatic rings. The number of hydroxylamine groups is 1. The Hall–Kier alpha value is -0.270. The molecule has 0 radical (unpaired) electrons. The van der Waals surface area contributed by atoms with Gasteiger partial charge in [0.1, 0.15) is 0 Å². The van der Waals surface area contributed by atoms with Crippen LogP contribution in [0, 0.1) is 5.92 Å². The van der Waals surface area contributed by atoms with E-state index in [2.05, 4.69) is 0 Å². The molecule has 7 heteroatoms. The Morgan fingerprint density at radius 3 is 2.60 bits per heavy atom. The lowest BCUT2D eigenvalue weighted by molar-refractivity contribution is -0.123. The van der Waals surface area contributed by atoms with E-state index < -0.39 is 27.6 Å². The molecule has 15 heavy (non-hydrogen) atoms. The van der Waals surface area contributed by atoms with Crippen molar-refractivity contribution in [3.05, 3.63) is 0 Å². The molecule has 2 rings (SSSR count). The molecule has 4 nitrogen and oxygen atoms in total. The number of hydrogen-bond acceptors (Lipinski definition) is 3. The van der Waals surface area contributed by atoms with Crippen LogP contribution < -0.4 is 0 Å². The summed E-state index contributed by atoms with van der Waals surface area (Å²) in [6.45, 7) is 0.626. The Kier molecular flexibility index (Phi) is 2.72. The van der Waals surface area contributed by atoms with Gasteiger partial charge in [-0.1, -0.05) is 4.47 Å². The van der Waals surface area contributed by atoms with Gasteiger partial charge in [-0.3, -0.25) is 4.84 Å². The second-order valence-corrected chi connectivity index (χ2v) is 5.89. The van der Waals surface area contributed by atoms with E-state index in [0.29, 0.717) is 13.0 Å². The van der Waals surface area contributed by atoms with E-state index in [1.165, 1.54) is 0 Å². The van der Waals surface area contributed by atoms with Gasteiger partial charge >= 0.3 is 0 Å². The van der Waals surface area contributed by atoms with Crippen molar-refractivity contribution >= 4 is 10.0 Å². The first kappa shape index (κ1) is 11.2. The highest BCUT2D eigenvalue weighted by atomic mass is 32.2. The molecule has 1 aliphatic carbocycles. The van der Waals surface area contributed by atoms with Crippen LogP contribution in [-0.2, 0) is 14.9 Å². The molecule has 2 aliphatic rings. The lowest BCUT2D eigenvalue weighted by atomic mass is 9.82. The Labute approximate surface area is 87.2 Å². The molecule has 0 amide bonds. The molecule has 0 N–H and O–H groups in total. The third-order valence-electron chi connectivity index (χ3n) is 2.87. The lowest BCUT2D eigenvalue weighted by Gasteiger charge is -2.36. The molecule has 0 aromatic carbocycles. The minimum absolute atomic E-state index is 0.200. The molecule has 2 fully saturated rings. The van der Waals surface area contributed by atoms with Crippen molar-refractivity contribution in [3.8, 4) is 0 Å². The summed E-state index contributed by atoms with van der Waals surface area (Å²) in [5, 5.41) is 0. The molecule has 0 aromatic heterocycles. The van der Waals surface area contributed by atoms with E-state index in [-0.39, 0.29) is 19.4 Å². The highest BCUT2D eigenvalue weighted by Crippen LogP contribution is 2.44. The van der Waals surface area contributed by atoms with Crippen molar-refractivity contribution < 1.29 is 22.0 Å². The molecular formula is C8H13F2NO3S. The van der Waals surface area contributed by atoms with Crippen LogP contribution in [0.1, 0.15) is 19.3 Å². The van der Waals surface area contributed by atoms with Crippen LogP contribution in [0.25, 0.3) is 0 Å². The zero-order chi connectivity index (χ0) is 11.1. The van der Waals surface area contributed by atoms with Crippen LogP contribution in [0.3, 0.4) is 0 Å². The number of hydrogen-bond donors (Lipinski definition) is 0. The first-order chi connectivity index (χ1) is 6.92. The fraction of sp³-hybridized carbons (Fsp3) is 1.00. The average molecular weight is 241 g/mol. The van der Waals surface area contributed by atoms with E-state index in [9.17, 15) is 17.2 Å². The Morgan fingerprint density at radius 2 is 2.20 bits per heavy atom. The molecule has 0 bridgehead atoms. The molecule has 1 atom stereocenters. The van der Waals surface area contributed by atoms with Crippen molar-refractivity contribution in [1.82, 2.24) is 4.47 Å². The summed E-state index contributed by atoms with van der Waals surface area (Å²) < 4.78 is 49.8. The predicted molar refractivity (Wildman–Crippen MR) is 48.7 cm³/mol. The topological polar surface area (TPSA) is 46.6 Å². The second kappa shape index (κ2) is 3.64. The minimum atomic E-state index is -3.66. The van der Waals surface area contributed by atoms with Crippen LogP contribution in [-0.4, -0.2) is 37.7 Å². The van der Waals surface area contributed by atoms with Crippen LogP contribution in [0.2, 0.25) is 0 Å². The first-order valence-electron chi connectivity index (χ1n) is 4.93. The maximum absolute atomic E-state index is 12.9. The highest BCUT2D eigenvalue weighted by molar-refractivity contribution is 7.88. The highest BCUT2D eigenvalue weighted by Gasteiger charge is 2.50. The maximum Gasteiger partial charge on any atom is 0.251 e. The Bertz CT molecular complexity index is 338. The number of nitrogens with zero attached hydrogens (tertiary/aromatic N) is 1. The van der Waals surface area contributed by atoms with Crippen molar-refractivity contribution in [3.63, 3.8) is 0 Å². The molecule has 1 saturated heterocycles. The largest absolute Gasteiger partial charge is 0.284 e. The lowest BCUT2D eigenvalue weighted by Crippen LogP contribution is -2.45. The van der Waals surface area contributed by atoms with Crippen molar-refractivity contribution in [2.45, 2.75) is 25.2 Å².